The predicted octanol–water partition coefficient (Wildman–Crippen LogP) is 2.20. The van der Waals surface area contributed by atoms with E-state index in [0.29, 0.717) is 0 Å². The van der Waals surface area contributed by atoms with Gasteiger partial charge in [0.15, 0.2) is 0 Å². The summed E-state index contributed by atoms with van der Waals surface area (Å²) in [6.07, 6.45) is 7.50. The van der Waals surface area contributed by atoms with Crippen LogP contribution in [0.15, 0.2) is 0 Å². The fourth-order valence-electron chi connectivity index (χ4n) is 2.28. The lowest BCUT2D eigenvalue weighted by atomic mass is 9.81. The van der Waals surface area contributed by atoms with Crippen LogP contribution in [0.4, 0.5) is 0 Å². The molecule has 0 aromatic rings. The maximum absolute atomic E-state index is 11.2. The van der Waals surface area contributed by atoms with Crippen LogP contribution >= 0.6 is 12.4 Å². The summed E-state index contributed by atoms with van der Waals surface area (Å²) in [5.74, 6) is 0.117. The van der Waals surface area contributed by atoms with Crippen LogP contribution in [0.25, 0.3) is 0 Å². The highest BCUT2D eigenvalue weighted by molar-refractivity contribution is 5.85. The van der Waals surface area contributed by atoms with Crippen molar-refractivity contribution in [2.24, 2.45) is 5.92 Å². The van der Waals surface area contributed by atoms with Crippen LogP contribution in [-0.2, 0) is 4.79 Å². The molecule has 2 aliphatic carbocycles. The first-order valence-electron chi connectivity index (χ1n) is 5.71. The molecule has 2 rings (SSSR count). The average molecular weight is 234 g/mol. The molecule has 15 heavy (non-hydrogen) atoms. The number of carbonyl (C=O) groups is 1. The Balaban J connectivity index is 0.00000112. The molecule has 0 aliphatic heterocycles. The van der Waals surface area contributed by atoms with Gasteiger partial charge in [0.25, 0.3) is 0 Å². The maximum Gasteiger partial charge on any atom is 0.323 e. The van der Waals surface area contributed by atoms with Crippen LogP contribution in [0.5, 0.6) is 0 Å². The molecule has 0 unspecified atom stereocenters. The van der Waals surface area contributed by atoms with Crippen LogP contribution in [0.3, 0.4) is 0 Å². The van der Waals surface area contributed by atoms with Gasteiger partial charge >= 0.3 is 5.97 Å². The molecule has 2 N–H and O–H groups in total. The van der Waals surface area contributed by atoms with Gasteiger partial charge in [-0.15, -0.1) is 12.4 Å². The number of carboxylic acid groups (broad SMARTS) is 1. The molecular weight excluding hydrogens is 214 g/mol. The van der Waals surface area contributed by atoms with Crippen molar-refractivity contribution < 1.29 is 9.90 Å². The van der Waals surface area contributed by atoms with Gasteiger partial charge in [-0.3, -0.25) is 4.79 Å². The molecule has 0 radical (unpaired) electrons. The van der Waals surface area contributed by atoms with E-state index in [1.165, 1.54) is 19.3 Å². The third-order valence-electron chi connectivity index (χ3n) is 3.54. The summed E-state index contributed by atoms with van der Waals surface area (Å²) in [5.41, 5.74) is -0.582. The molecule has 0 amide bonds. The van der Waals surface area contributed by atoms with Crippen molar-refractivity contribution in [2.75, 3.05) is 6.54 Å². The van der Waals surface area contributed by atoms with Gasteiger partial charge in [-0.05, 0) is 38.1 Å². The number of hydrogen-bond acceptors (Lipinski definition) is 2. The Labute approximate surface area is 97.0 Å². The molecule has 0 spiro atoms. The first-order valence-corrected chi connectivity index (χ1v) is 5.71. The average Bonchev–Trinajstić information content (AvgIpc) is 2.99. The minimum atomic E-state index is -0.641. The normalized spacial score (nSPS) is 24.3. The van der Waals surface area contributed by atoms with E-state index in [1.54, 1.807) is 0 Å². The molecule has 2 aliphatic rings. The Hall–Kier alpha value is -0.280. The highest BCUT2D eigenvalue weighted by Gasteiger charge is 2.40. The zero-order valence-electron chi connectivity index (χ0n) is 9.00. The van der Waals surface area contributed by atoms with Crippen molar-refractivity contribution in [3.63, 3.8) is 0 Å². The predicted molar refractivity (Wildman–Crippen MR) is 61.4 cm³/mol. The van der Waals surface area contributed by atoms with Crippen LogP contribution in [0.1, 0.15) is 44.9 Å². The Morgan fingerprint density at radius 3 is 2.33 bits per heavy atom. The Bertz CT molecular complexity index is 223. The molecule has 0 atom stereocenters. The third kappa shape index (κ3) is 3.08. The molecule has 0 saturated heterocycles. The third-order valence-corrected chi connectivity index (χ3v) is 3.54. The van der Waals surface area contributed by atoms with Gasteiger partial charge in [-0.25, -0.2) is 0 Å². The van der Waals surface area contributed by atoms with E-state index < -0.39 is 11.5 Å². The van der Waals surface area contributed by atoms with E-state index in [4.69, 9.17) is 0 Å². The summed E-state index contributed by atoms with van der Waals surface area (Å²) in [4.78, 5) is 11.2. The van der Waals surface area contributed by atoms with Crippen LogP contribution < -0.4 is 5.32 Å². The number of carboxylic acids is 1. The van der Waals surface area contributed by atoms with Crippen molar-refractivity contribution in [3.05, 3.63) is 0 Å². The first kappa shape index (κ1) is 12.8. The number of rotatable bonds is 4. The lowest BCUT2D eigenvalue weighted by Gasteiger charge is -2.34. The quantitative estimate of drug-likeness (QED) is 0.783. The lowest BCUT2D eigenvalue weighted by molar-refractivity contribution is -0.146. The molecule has 4 heteroatoms. The van der Waals surface area contributed by atoms with E-state index in [0.717, 1.165) is 38.1 Å². The Morgan fingerprint density at radius 2 is 1.87 bits per heavy atom. The summed E-state index contributed by atoms with van der Waals surface area (Å²) in [7, 11) is 0. The van der Waals surface area contributed by atoms with Crippen LogP contribution in [0.2, 0.25) is 0 Å². The van der Waals surface area contributed by atoms with Crippen molar-refractivity contribution in [3.8, 4) is 0 Å². The van der Waals surface area contributed by atoms with Gasteiger partial charge in [0.1, 0.15) is 5.54 Å². The zero-order chi connectivity index (χ0) is 10.0. The van der Waals surface area contributed by atoms with Crippen molar-refractivity contribution in [1.29, 1.82) is 0 Å². The Kier molecular flexibility index (Phi) is 4.41. The molecular formula is C11H20ClNO2. The monoisotopic (exact) mass is 233 g/mol. The summed E-state index contributed by atoms with van der Waals surface area (Å²) < 4.78 is 0. The van der Waals surface area contributed by atoms with E-state index >= 15 is 0 Å². The summed E-state index contributed by atoms with van der Waals surface area (Å²) in [6.45, 7) is 0.909. The minimum absolute atomic E-state index is 0. The summed E-state index contributed by atoms with van der Waals surface area (Å²) >= 11 is 0. The zero-order valence-corrected chi connectivity index (χ0v) is 9.81. The number of nitrogens with one attached hydrogen (secondary N) is 1. The first-order chi connectivity index (χ1) is 6.73. The molecule has 0 heterocycles. The van der Waals surface area contributed by atoms with Gasteiger partial charge in [0.2, 0.25) is 0 Å². The second kappa shape index (κ2) is 5.17. The molecule has 88 valence electrons. The van der Waals surface area contributed by atoms with Gasteiger partial charge in [-0.1, -0.05) is 19.3 Å². The number of aliphatic carboxylic acids is 1. The standard InChI is InChI=1S/C11H19NO2.ClH/c13-10(14)11(6-2-1-3-7-11)12-8-9-4-5-9;/h9,12H,1-8H2,(H,13,14);1H. The second-order valence-electron chi connectivity index (χ2n) is 4.77. The topological polar surface area (TPSA) is 49.3 Å². The van der Waals surface area contributed by atoms with Gasteiger partial charge in [0, 0.05) is 0 Å². The van der Waals surface area contributed by atoms with Gasteiger partial charge in [-0.2, -0.15) is 0 Å². The van der Waals surface area contributed by atoms with Crippen LogP contribution in [-0.4, -0.2) is 23.2 Å². The second-order valence-corrected chi connectivity index (χ2v) is 4.77. The Morgan fingerprint density at radius 1 is 1.27 bits per heavy atom. The fourth-order valence-corrected chi connectivity index (χ4v) is 2.28. The minimum Gasteiger partial charge on any atom is -0.480 e. The highest BCUT2D eigenvalue weighted by Crippen LogP contribution is 2.32. The molecule has 0 bridgehead atoms. The van der Waals surface area contributed by atoms with Crippen molar-refractivity contribution in [1.82, 2.24) is 5.32 Å². The summed E-state index contributed by atoms with van der Waals surface area (Å²) in [5, 5.41) is 12.6. The molecule has 2 fully saturated rings. The fraction of sp³-hybridized carbons (Fsp3) is 0.909. The lowest BCUT2D eigenvalue weighted by Crippen LogP contribution is -2.53. The SMILES string of the molecule is Cl.O=C(O)C1(NCC2CC2)CCCCC1. The van der Waals surface area contributed by atoms with E-state index in [9.17, 15) is 9.90 Å². The van der Waals surface area contributed by atoms with Crippen molar-refractivity contribution in [2.45, 2.75) is 50.5 Å². The molecule has 0 aromatic carbocycles. The largest absolute Gasteiger partial charge is 0.480 e. The van der Waals surface area contributed by atoms with E-state index in [1.807, 2.05) is 0 Å². The van der Waals surface area contributed by atoms with Crippen molar-refractivity contribution >= 4 is 18.4 Å². The van der Waals surface area contributed by atoms with Crippen LogP contribution in [0, 0.1) is 5.92 Å². The van der Waals surface area contributed by atoms with Gasteiger partial charge in [0.05, 0.1) is 0 Å². The number of hydrogen-bond donors (Lipinski definition) is 2. The number of halogens is 1. The van der Waals surface area contributed by atoms with E-state index in [2.05, 4.69) is 5.32 Å². The summed E-state index contributed by atoms with van der Waals surface area (Å²) in [6, 6.07) is 0. The maximum atomic E-state index is 11.2. The smallest absolute Gasteiger partial charge is 0.323 e. The van der Waals surface area contributed by atoms with Gasteiger partial charge < -0.3 is 10.4 Å². The van der Waals surface area contributed by atoms with E-state index in [-0.39, 0.29) is 12.4 Å². The molecule has 3 nitrogen and oxygen atoms in total. The molecule has 0 aromatic heterocycles. The molecule has 2 saturated carbocycles. The highest BCUT2D eigenvalue weighted by atomic mass is 35.5.